The van der Waals surface area contributed by atoms with E-state index in [1.54, 1.807) is 31.2 Å². The van der Waals surface area contributed by atoms with E-state index in [0.717, 1.165) is 10.4 Å². The fourth-order valence-electron chi connectivity index (χ4n) is 1.60. The van der Waals surface area contributed by atoms with Gasteiger partial charge in [0.1, 0.15) is 4.88 Å². The van der Waals surface area contributed by atoms with Gasteiger partial charge in [-0.15, -0.1) is 11.3 Å². The summed E-state index contributed by atoms with van der Waals surface area (Å²) in [6, 6.07) is 6.91. The maximum absolute atomic E-state index is 11.7. The second-order valence-electron chi connectivity index (χ2n) is 3.77. The van der Waals surface area contributed by atoms with E-state index in [4.69, 9.17) is 33.7 Å². The van der Waals surface area contributed by atoms with Crippen molar-refractivity contribution in [2.24, 2.45) is 0 Å². The molecule has 0 aliphatic rings. The minimum absolute atomic E-state index is 0.314. The second kappa shape index (κ2) is 5.82. The summed E-state index contributed by atoms with van der Waals surface area (Å²) in [7, 11) is 0. The summed E-state index contributed by atoms with van der Waals surface area (Å²) in [6.07, 6.45) is 0. The average molecular weight is 316 g/mol. The van der Waals surface area contributed by atoms with E-state index in [2.05, 4.69) is 0 Å². The topological polar surface area (TPSA) is 52.3 Å². The molecule has 0 aliphatic heterocycles. The largest absolute Gasteiger partial charge is 0.462 e. The minimum atomic E-state index is -0.413. The summed E-state index contributed by atoms with van der Waals surface area (Å²) in [5.41, 5.74) is 7.05. The monoisotopic (exact) mass is 315 g/mol. The van der Waals surface area contributed by atoms with Gasteiger partial charge in [-0.05, 0) is 36.8 Å². The van der Waals surface area contributed by atoms with Gasteiger partial charge in [0.05, 0.1) is 12.3 Å². The lowest BCUT2D eigenvalue weighted by Gasteiger charge is -2.00. The third-order valence-corrected chi connectivity index (χ3v) is 3.99. The van der Waals surface area contributed by atoms with Crippen molar-refractivity contribution < 1.29 is 9.53 Å². The van der Waals surface area contributed by atoms with Gasteiger partial charge < -0.3 is 10.5 Å². The molecule has 2 aromatic rings. The molecule has 1 aromatic heterocycles. The summed E-state index contributed by atoms with van der Waals surface area (Å²) < 4.78 is 4.94. The van der Waals surface area contributed by atoms with Gasteiger partial charge in [-0.2, -0.15) is 0 Å². The SMILES string of the molecule is CCOC(=O)c1sc(-c2cc(Cl)cc(Cl)c2)cc1N. The third kappa shape index (κ3) is 3.21. The molecule has 3 nitrogen and oxygen atoms in total. The number of nitrogen functional groups attached to an aromatic ring is 1. The number of carbonyl (C=O) groups excluding carboxylic acids is 1. The van der Waals surface area contributed by atoms with Crippen LogP contribution in [0.2, 0.25) is 10.0 Å². The minimum Gasteiger partial charge on any atom is -0.462 e. The highest BCUT2D eigenvalue weighted by Gasteiger charge is 2.16. The molecule has 0 atom stereocenters. The molecule has 0 amide bonds. The molecule has 0 unspecified atom stereocenters. The number of rotatable bonds is 3. The van der Waals surface area contributed by atoms with Crippen molar-refractivity contribution in [1.29, 1.82) is 0 Å². The highest BCUT2D eigenvalue weighted by atomic mass is 35.5. The van der Waals surface area contributed by atoms with E-state index in [1.807, 2.05) is 0 Å². The standard InChI is InChI=1S/C13H11Cl2NO2S/c1-2-18-13(17)12-10(16)6-11(19-12)7-3-8(14)5-9(15)4-7/h3-6H,2,16H2,1H3. The summed E-state index contributed by atoms with van der Waals surface area (Å²) in [5.74, 6) is -0.413. The lowest BCUT2D eigenvalue weighted by atomic mass is 10.2. The van der Waals surface area contributed by atoms with E-state index in [0.29, 0.717) is 27.2 Å². The van der Waals surface area contributed by atoms with E-state index >= 15 is 0 Å². The zero-order chi connectivity index (χ0) is 14.0. The molecule has 100 valence electrons. The molecule has 0 fully saturated rings. The highest BCUT2D eigenvalue weighted by Crippen LogP contribution is 2.36. The van der Waals surface area contributed by atoms with E-state index < -0.39 is 5.97 Å². The lowest BCUT2D eigenvalue weighted by Crippen LogP contribution is -2.04. The van der Waals surface area contributed by atoms with Crippen LogP contribution >= 0.6 is 34.5 Å². The summed E-state index contributed by atoms with van der Waals surface area (Å²) in [5, 5.41) is 1.07. The first-order chi connectivity index (χ1) is 9.01. The van der Waals surface area contributed by atoms with Crippen molar-refractivity contribution >= 4 is 46.2 Å². The Hall–Kier alpha value is -1.23. The molecular weight excluding hydrogens is 305 g/mol. The van der Waals surface area contributed by atoms with Crippen LogP contribution in [-0.2, 0) is 4.74 Å². The quantitative estimate of drug-likeness (QED) is 0.849. The Morgan fingerprint density at radius 1 is 1.26 bits per heavy atom. The number of carbonyl (C=O) groups is 1. The van der Waals surface area contributed by atoms with Crippen LogP contribution in [0.4, 0.5) is 5.69 Å². The predicted molar refractivity (Wildman–Crippen MR) is 80.1 cm³/mol. The Kier molecular flexibility index (Phi) is 4.34. The molecule has 1 heterocycles. The second-order valence-corrected chi connectivity index (χ2v) is 5.70. The van der Waals surface area contributed by atoms with Crippen molar-refractivity contribution in [2.75, 3.05) is 12.3 Å². The molecule has 0 bridgehead atoms. The molecule has 0 radical (unpaired) electrons. The van der Waals surface area contributed by atoms with Crippen molar-refractivity contribution in [3.8, 4) is 10.4 Å². The highest BCUT2D eigenvalue weighted by molar-refractivity contribution is 7.18. The number of esters is 1. The van der Waals surface area contributed by atoms with Gasteiger partial charge in [0.15, 0.2) is 0 Å². The molecular formula is C13H11Cl2NO2S. The number of anilines is 1. The maximum Gasteiger partial charge on any atom is 0.350 e. The van der Waals surface area contributed by atoms with Crippen LogP contribution in [0.3, 0.4) is 0 Å². The molecule has 6 heteroatoms. The molecule has 19 heavy (non-hydrogen) atoms. The Bertz CT molecular complexity index is 605. The number of hydrogen-bond acceptors (Lipinski definition) is 4. The molecule has 1 aromatic carbocycles. The lowest BCUT2D eigenvalue weighted by molar-refractivity contribution is 0.0533. The smallest absolute Gasteiger partial charge is 0.350 e. The van der Waals surface area contributed by atoms with Gasteiger partial charge in [0.2, 0.25) is 0 Å². The number of thiophene rings is 1. The molecule has 2 rings (SSSR count). The van der Waals surface area contributed by atoms with Crippen LogP contribution in [0.5, 0.6) is 0 Å². The van der Waals surface area contributed by atoms with Crippen molar-refractivity contribution in [3.63, 3.8) is 0 Å². The Balaban J connectivity index is 2.41. The van der Waals surface area contributed by atoms with E-state index in [1.165, 1.54) is 11.3 Å². The first-order valence-corrected chi connectivity index (χ1v) is 7.11. The van der Waals surface area contributed by atoms with E-state index in [9.17, 15) is 4.79 Å². The zero-order valence-corrected chi connectivity index (χ0v) is 12.4. The predicted octanol–water partition coefficient (Wildman–Crippen LogP) is 4.48. The first-order valence-electron chi connectivity index (χ1n) is 5.54. The van der Waals surface area contributed by atoms with Crippen LogP contribution in [0, 0.1) is 0 Å². The van der Waals surface area contributed by atoms with Crippen LogP contribution in [0.1, 0.15) is 16.6 Å². The van der Waals surface area contributed by atoms with Crippen molar-refractivity contribution in [2.45, 2.75) is 6.92 Å². The maximum atomic E-state index is 11.7. The molecule has 0 aliphatic carbocycles. The molecule has 0 saturated carbocycles. The van der Waals surface area contributed by atoms with E-state index in [-0.39, 0.29) is 0 Å². The number of benzene rings is 1. The molecule has 2 N–H and O–H groups in total. The van der Waals surface area contributed by atoms with Crippen LogP contribution < -0.4 is 5.73 Å². The zero-order valence-electron chi connectivity index (χ0n) is 10.1. The van der Waals surface area contributed by atoms with Crippen molar-refractivity contribution in [1.82, 2.24) is 0 Å². The first kappa shape index (κ1) is 14.2. The van der Waals surface area contributed by atoms with Gasteiger partial charge in [-0.3, -0.25) is 0 Å². The van der Waals surface area contributed by atoms with Crippen LogP contribution in [-0.4, -0.2) is 12.6 Å². The van der Waals surface area contributed by atoms with Crippen LogP contribution in [0.25, 0.3) is 10.4 Å². The van der Waals surface area contributed by atoms with Crippen LogP contribution in [0.15, 0.2) is 24.3 Å². The average Bonchev–Trinajstić information content (AvgIpc) is 2.70. The number of nitrogens with two attached hydrogens (primary N) is 1. The molecule has 0 spiro atoms. The third-order valence-electron chi connectivity index (χ3n) is 2.37. The summed E-state index contributed by atoms with van der Waals surface area (Å²) >= 11 is 13.2. The van der Waals surface area contributed by atoms with Gasteiger partial charge in [-0.1, -0.05) is 23.2 Å². The number of hydrogen-bond donors (Lipinski definition) is 1. The van der Waals surface area contributed by atoms with Gasteiger partial charge >= 0.3 is 5.97 Å². The Labute approximate surface area is 124 Å². The number of halogens is 2. The Morgan fingerprint density at radius 3 is 2.47 bits per heavy atom. The van der Waals surface area contributed by atoms with Crippen molar-refractivity contribution in [3.05, 3.63) is 39.2 Å². The summed E-state index contributed by atoms with van der Waals surface area (Å²) in [6.45, 7) is 2.06. The normalized spacial score (nSPS) is 10.5. The van der Waals surface area contributed by atoms with Gasteiger partial charge in [-0.25, -0.2) is 4.79 Å². The summed E-state index contributed by atoms with van der Waals surface area (Å²) in [4.78, 5) is 12.9. The Morgan fingerprint density at radius 2 is 1.89 bits per heavy atom. The molecule has 0 saturated heterocycles. The van der Waals surface area contributed by atoms with Gasteiger partial charge in [0.25, 0.3) is 0 Å². The number of ether oxygens (including phenoxy) is 1. The fourth-order valence-corrected chi connectivity index (χ4v) is 3.09. The van der Waals surface area contributed by atoms with Gasteiger partial charge in [0, 0.05) is 14.9 Å². The fraction of sp³-hybridized carbons (Fsp3) is 0.154.